The summed E-state index contributed by atoms with van der Waals surface area (Å²) in [5.41, 5.74) is 5.57. The zero-order valence-electron chi connectivity index (χ0n) is 15.9. The summed E-state index contributed by atoms with van der Waals surface area (Å²) in [6, 6.07) is 12.6. The molecule has 0 aliphatic carbocycles. The Morgan fingerprint density at radius 1 is 1.07 bits per heavy atom. The largest absolute Gasteiger partial charge is 0.484 e. The number of nitrogens with zero attached hydrogens (tertiary/aromatic N) is 1. The number of rotatable bonds is 6. The van der Waals surface area contributed by atoms with Crippen molar-refractivity contribution in [3.8, 4) is 5.75 Å². The molecule has 0 aromatic heterocycles. The van der Waals surface area contributed by atoms with Crippen molar-refractivity contribution in [3.63, 3.8) is 0 Å². The fraction of sp³-hybridized carbons (Fsp3) is 0.200. The Labute approximate surface area is 163 Å². The van der Waals surface area contributed by atoms with Gasteiger partial charge in [-0.1, -0.05) is 29.8 Å². The van der Waals surface area contributed by atoms with Crippen LogP contribution < -0.4 is 20.8 Å². The van der Waals surface area contributed by atoms with Gasteiger partial charge in [-0.05, 0) is 43.2 Å². The van der Waals surface area contributed by atoms with E-state index in [1.54, 1.807) is 24.3 Å². The number of carbonyl (C=O) groups is 3. The summed E-state index contributed by atoms with van der Waals surface area (Å²) in [6.45, 7) is 3.76. The molecule has 0 spiro atoms. The van der Waals surface area contributed by atoms with Gasteiger partial charge in [-0.25, -0.2) is 5.43 Å². The van der Waals surface area contributed by atoms with Gasteiger partial charge < -0.3 is 15.4 Å². The molecule has 0 radical (unpaired) electrons. The number of likely N-dealkylation sites (N-methyl/N-ethyl adjacent to an activating group) is 1. The lowest BCUT2D eigenvalue weighted by Crippen LogP contribution is -2.35. The van der Waals surface area contributed by atoms with Crippen molar-refractivity contribution < 1.29 is 19.1 Å². The number of aryl methyl sites for hydroxylation is 2. The van der Waals surface area contributed by atoms with Gasteiger partial charge in [0.15, 0.2) is 6.61 Å². The van der Waals surface area contributed by atoms with Crippen molar-refractivity contribution in [3.05, 3.63) is 59.2 Å². The van der Waals surface area contributed by atoms with Crippen LogP contribution in [0.2, 0.25) is 0 Å². The monoisotopic (exact) mass is 382 g/mol. The Morgan fingerprint density at radius 3 is 2.57 bits per heavy atom. The highest BCUT2D eigenvalue weighted by Crippen LogP contribution is 2.16. The molecule has 8 heteroatoms. The molecule has 28 heavy (non-hydrogen) atoms. The van der Waals surface area contributed by atoms with Gasteiger partial charge in [-0.3, -0.25) is 14.4 Å². The van der Waals surface area contributed by atoms with Gasteiger partial charge in [0, 0.05) is 12.7 Å². The summed E-state index contributed by atoms with van der Waals surface area (Å²) in [7, 11) is 1.35. The first-order valence-electron chi connectivity index (χ1n) is 8.54. The second-order valence-electron chi connectivity index (χ2n) is 6.01. The zero-order chi connectivity index (χ0) is 20.5. The van der Waals surface area contributed by atoms with E-state index in [1.807, 2.05) is 32.0 Å². The van der Waals surface area contributed by atoms with Gasteiger partial charge in [-0.15, -0.1) is 0 Å². The SMILES string of the molecule is CNC(=O)C(=O)N/N=C\c1cccc(OCC(=O)Nc2ccc(C)cc2C)c1. The Bertz CT molecular complexity index is 909. The van der Waals surface area contributed by atoms with Gasteiger partial charge in [0.05, 0.1) is 6.21 Å². The summed E-state index contributed by atoms with van der Waals surface area (Å²) < 4.78 is 5.50. The minimum absolute atomic E-state index is 0.151. The molecule has 2 aromatic carbocycles. The number of nitrogens with one attached hydrogen (secondary N) is 3. The minimum atomic E-state index is -0.866. The third-order valence-electron chi connectivity index (χ3n) is 3.70. The van der Waals surface area contributed by atoms with E-state index in [9.17, 15) is 14.4 Å². The molecule has 0 aliphatic rings. The first kappa shape index (κ1) is 20.6. The molecule has 0 unspecified atom stereocenters. The van der Waals surface area contributed by atoms with Crippen LogP contribution in [0, 0.1) is 13.8 Å². The van der Waals surface area contributed by atoms with E-state index in [0.717, 1.165) is 16.8 Å². The standard InChI is InChI=1S/C20H22N4O4/c1-13-7-8-17(14(2)9-13)23-18(25)12-28-16-6-4-5-15(10-16)11-22-24-20(27)19(26)21-3/h4-11H,12H2,1-3H3,(H,21,26)(H,23,25)(H,24,27)/b22-11-. The van der Waals surface area contributed by atoms with Crippen molar-refractivity contribution >= 4 is 29.6 Å². The molecule has 2 rings (SSSR count). The average Bonchev–Trinajstić information content (AvgIpc) is 2.68. The molecule has 0 atom stereocenters. The molecule has 146 valence electrons. The smallest absolute Gasteiger partial charge is 0.329 e. The zero-order valence-corrected chi connectivity index (χ0v) is 15.9. The predicted molar refractivity (Wildman–Crippen MR) is 106 cm³/mol. The van der Waals surface area contributed by atoms with E-state index in [-0.39, 0.29) is 12.5 Å². The fourth-order valence-corrected chi connectivity index (χ4v) is 2.30. The predicted octanol–water partition coefficient (Wildman–Crippen LogP) is 1.52. The number of ether oxygens (including phenoxy) is 1. The number of hydrogen-bond donors (Lipinski definition) is 3. The highest BCUT2D eigenvalue weighted by molar-refractivity contribution is 6.35. The lowest BCUT2D eigenvalue weighted by molar-refractivity contribution is -0.138. The fourth-order valence-electron chi connectivity index (χ4n) is 2.30. The van der Waals surface area contributed by atoms with Crippen LogP contribution in [0.15, 0.2) is 47.6 Å². The van der Waals surface area contributed by atoms with Crippen LogP contribution in [0.25, 0.3) is 0 Å². The van der Waals surface area contributed by atoms with Gasteiger partial charge >= 0.3 is 11.8 Å². The minimum Gasteiger partial charge on any atom is -0.484 e. The summed E-state index contributed by atoms with van der Waals surface area (Å²) in [4.78, 5) is 34.5. The summed E-state index contributed by atoms with van der Waals surface area (Å²) in [6.07, 6.45) is 1.36. The van der Waals surface area contributed by atoms with Gasteiger partial charge in [0.1, 0.15) is 5.75 Å². The summed E-state index contributed by atoms with van der Waals surface area (Å²) in [5.74, 6) is -1.46. The second-order valence-corrected chi connectivity index (χ2v) is 6.01. The Hall–Kier alpha value is -3.68. The quantitative estimate of drug-likeness (QED) is 0.400. The molecule has 0 aliphatic heterocycles. The maximum atomic E-state index is 12.1. The molecular formula is C20H22N4O4. The van der Waals surface area contributed by atoms with Crippen LogP contribution in [0.3, 0.4) is 0 Å². The molecule has 2 aromatic rings. The van der Waals surface area contributed by atoms with E-state index >= 15 is 0 Å². The Kier molecular flexibility index (Phi) is 7.27. The third kappa shape index (κ3) is 6.24. The molecule has 0 heterocycles. The number of anilines is 1. The molecule has 8 nitrogen and oxygen atoms in total. The Balaban J connectivity index is 1.89. The van der Waals surface area contributed by atoms with E-state index in [0.29, 0.717) is 11.3 Å². The van der Waals surface area contributed by atoms with Gasteiger partial charge in [0.2, 0.25) is 0 Å². The van der Waals surface area contributed by atoms with E-state index in [4.69, 9.17) is 4.74 Å². The van der Waals surface area contributed by atoms with Crippen LogP contribution >= 0.6 is 0 Å². The summed E-state index contributed by atoms with van der Waals surface area (Å²) >= 11 is 0. The summed E-state index contributed by atoms with van der Waals surface area (Å²) in [5, 5.41) is 8.70. The Morgan fingerprint density at radius 2 is 1.86 bits per heavy atom. The lowest BCUT2D eigenvalue weighted by atomic mass is 10.1. The van der Waals surface area contributed by atoms with Crippen molar-refractivity contribution in [1.82, 2.24) is 10.7 Å². The van der Waals surface area contributed by atoms with Crippen LogP contribution in [-0.2, 0) is 14.4 Å². The first-order chi connectivity index (χ1) is 13.4. The topological polar surface area (TPSA) is 109 Å². The second kappa shape index (κ2) is 9.86. The van der Waals surface area contributed by atoms with Crippen molar-refractivity contribution in [2.45, 2.75) is 13.8 Å². The number of hydrogen-bond acceptors (Lipinski definition) is 5. The van der Waals surface area contributed by atoms with Crippen molar-refractivity contribution in [2.75, 3.05) is 19.0 Å². The molecule has 0 saturated carbocycles. The van der Waals surface area contributed by atoms with Crippen LogP contribution in [0.1, 0.15) is 16.7 Å². The van der Waals surface area contributed by atoms with Crippen molar-refractivity contribution in [2.24, 2.45) is 5.10 Å². The van der Waals surface area contributed by atoms with E-state index in [2.05, 4.69) is 21.2 Å². The number of carbonyl (C=O) groups excluding carboxylic acids is 3. The maximum Gasteiger partial charge on any atom is 0.329 e. The van der Waals surface area contributed by atoms with Crippen LogP contribution in [0.5, 0.6) is 5.75 Å². The number of benzene rings is 2. The lowest BCUT2D eigenvalue weighted by Gasteiger charge is -2.10. The molecule has 0 fully saturated rings. The third-order valence-corrected chi connectivity index (χ3v) is 3.70. The maximum absolute atomic E-state index is 12.1. The molecule has 3 N–H and O–H groups in total. The highest BCUT2D eigenvalue weighted by Gasteiger charge is 2.09. The van der Waals surface area contributed by atoms with Crippen molar-refractivity contribution in [1.29, 1.82) is 0 Å². The van der Waals surface area contributed by atoms with E-state index < -0.39 is 11.8 Å². The molecule has 0 saturated heterocycles. The van der Waals surface area contributed by atoms with Gasteiger partial charge in [-0.2, -0.15) is 5.10 Å². The van der Waals surface area contributed by atoms with Crippen LogP contribution in [0.4, 0.5) is 5.69 Å². The van der Waals surface area contributed by atoms with Gasteiger partial charge in [0.25, 0.3) is 5.91 Å². The normalized spacial score (nSPS) is 10.4. The first-order valence-corrected chi connectivity index (χ1v) is 8.54. The molecular weight excluding hydrogens is 360 g/mol. The highest BCUT2D eigenvalue weighted by atomic mass is 16.5. The molecule has 3 amide bonds. The van der Waals surface area contributed by atoms with Crippen LogP contribution in [-0.4, -0.2) is 37.6 Å². The number of amides is 3. The number of hydrazone groups is 1. The van der Waals surface area contributed by atoms with E-state index in [1.165, 1.54) is 13.3 Å². The molecule has 0 bridgehead atoms. The average molecular weight is 382 g/mol.